The van der Waals surface area contributed by atoms with Gasteiger partial charge >= 0.3 is 5.56 Å². The summed E-state index contributed by atoms with van der Waals surface area (Å²) in [6.07, 6.45) is 0. The molecule has 0 radical (unpaired) electrons. The number of nitrogens with zero attached hydrogens (tertiary/aromatic N) is 4. The number of azo groups is 1. The van der Waals surface area contributed by atoms with Gasteiger partial charge in [0, 0.05) is 15.3 Å². The summed E-state index contributed by atoms with van der Waals surface area (Å²) < 4.78 is 2.38. The summed E-state index contributed by atoms with van der Waals surface area (Å²) in [7, 11) is 0. The standard InChI is InChI=1S/C17H18BrN5OS/c1-10-14(21-20-12-7-5-11(18)6-8-12)15(24)23(22-10)16-19-13(9-25-16)17(2,3)4/h5-9,22H,1-4H3. The van der Waals surface area contributed by atoms with Crippen LogP contribution in [0.4, 0.5) is 11.4 Å². The molecule has 1 aromatic carbocycles. The number of hydrogen-bond donors (Lipinski definition) is 1. The predicted octanol–water partition coefficient (Wildman–Crippen LogP) is 5.41. The van der Waals surface area contributed by atoms with Crippen molar-refractivity contribution in [3.05, 3.63) is 55.9 Å². The summed E-state index contributed by atoms with van der Waals surface area (Å²) in [5.74, 6) is 0. The first kappa shape index (κ1) is 17.8. The molecule has 3 rings (SSSR count). The molecular weight excluding hydrogens is 402 g/mol. The monoisotopic (exact) mass is 419 g/mol. The Balaban J connectivity index is 1.95. The minimum absolute atomic E-state index is 0.0654. The Morgan fingerprint density at radius 1 is 1.20 bits per heavy atom. The van der Waals surface area contributed by atoms with Crippen LogP contribution in [0, 0.1) is 6.92 Å². The first-order valence-electron chi connectivity index (χ1n) is 7.71. The highest BCUT2D eigenvalue weighted by Crippen LogP contribution is 2.26. The van der Waals surface area contributed by atoms with Crippen LogP contribution in [-0.2, 0) is 5.41 Å². The first-order chi connectivity index (χ1) is 11.8. The Hall–Kier alpha value is -2.06. The molecule has 0 aliphatic heterocycles. The van der Waals surface area contributed by atoms with Gasteiger partial charge in [-0.3, -0.25) is 9.89 Å². The van der Waals surface area contributed by atoms with E-state index in [1.54, 1.807) is 6.92 Å². The predicted molar refractivity (Wildman–Crippen MR) is 104 cm³/mol. The largest absolute Gasteiger partial charge is 0.301 e. The van der Waals surface area contributed by atoms with Crippen LogP contribution in [0.3, 0.4) is 0 Å². The van der Waals surface area contributed by atoms with Gasteiger partial charge in [-0.1, -0.05) is 36.7 Å². The van der Waals surface area contributed by atoms with E-state index >= 15 is 0 Å². The minimum Gasteiger partial charge on any atom is -0.291 e. The third-order valence-corrected chi connectivity index (χ3v) is 4.94. The smallest absolute Gasteiger partial charge is 0.291 e. The molecule has 130 valence electrons. The van der Waals surface area contributed by atoms with Crippen LogP contribution < -0.4 is 5.56 Å². The number of halogens is 1. The molecule has 2 heterocycles. The molecule has 0 aliphatic rings. The molecule has 0 bridgehead atoms. The van der Waals surface area contributed by atoms with E-state index in [-0.39, 0.29) is 16.7 Å². The molecule has 3 aromatic rings. The maximum Gasteiger partial charge on any atom is 0.301 e. The molecule has 0 unspecified atom stereocenters. The third kappa shape index (κ3) is 3.80. The number of H-pyrrole nitrogens is 1. The second-order valence-corrected chi connectivity index (χ2v) is 8.42. The van der Waals surface area contributed by atoms with E-state index < -0.39 is 0 Å². The molecule has 0 amide bonds. The van der Waals surface area contributed by atoms with Crippen molar-refractivity contribution in [3.63, 3.8) is 0 Å². The zero-order chi connectivity index (χ0) is 18.2. The summed E-state index contributed by atoms with van der Waals surface area (Å²) in [5, 5.41) is 13.9. The van der Waals surface area contributed by atoms with Gasteiger partial charge in [0.1, 0.15) is 0 Å². The molecule has 25 heavy (non-hydrogen) atoms. The quantitative estimate of drug-likeness (QED) is 0.576. The molecule has 6 nitrogen and oxygen atoms in total. The van der Waals surface area contributed by atoms with Gasteiger partial charge in [0.05, 0.1) is 17.1 Å². The lowest BCUT2D eigenvalue weighted by molar-refractivity contribution is 0.571. The number of aryl methyl sites for hydroxylation is 1. The van der Waals surface area contributed by atoms with Crippen LogP contribution in [0.15, 0.2) is 49.1 Å². The maximum atomic E-state index is 12.7. The Morgan fingerprint density at radius 3 is 2.48 bits per heavy atom. The molecule has 0 spiro atoms. The van der Waals surface area contributed by atoms with E-state index in [9.17, 15) is 4.79 Å². The zero-order valence-electron chi connectivity index (χ0n) is 14.4. The van der Waals surface area contributed by atoms with Gasteiger partial charge in [0.2, 0.25) is 5.13 Å². The van der Waals surface area contributed by atoms with Gasteiger partial charge in [0.15, 0.2) is 5.69 Å². The van der Waals surface area contributed by atoms with E-state index in [1.165, 1.54) is 16.0 Å². The van der Waals surface area contributed by atoms with E-state index in [1.807, 2.05) is 29.6 Å². The topological polar surface area (TPSA) is 75.4 Å². The van der Waals surface area contributed by atoms with Crippen LogP contribution in [0.5, 0.6) is 0 Å². The minimum atomic E-state index is -0.256. The van der Waals surface area contributed by atoms with E-state index in [2.05, 4.69) is 57.0 Å². The fraction of sp³-hybridized carbons (Fsp3) is 0.294. The van der Waals surface area contributed by atoms with Crippen molar-refractivity contribution in [2.45, 2.75) is 33.1 Å². The number of rotatable bonds is 3. The van der Waals surface area contributed by atoms with Crippen molar-refractivity contribution < 1.29 is 0 Å². The van der Waals surface area contributed by atoms with Gasteiger partial charge in [-0.2, -0.15) is 9.80 Å². The van der Waals surface area contributed by atoms with Gasteiger partial charge < -0.3 is 0 Å². The summed E-state index contributed by atoms with van der Waals surface area (Å²) >= 11 is 4.80. The fourth-order valence-corrected chi connectivity index (χ4v) is 3.39. The lowest BCUT2D eigenvalue weighted by Crippen LogP contribution is -2.16. The summed E-state index contributed by atoms with van der Waals surface area (Å²) in [6.45, 7) is 8.07. The Morgan fingerprint density at radius 2 is 1.88 bits per heavy atom. The van der Waals surface area contributed by atoms with E-state index in [0.29, 0.717) is 16.5 Å². The van der Waals surface area contributed by atoms with Crippen LogP contribution >= 0.6 is 27.3 Å². The highest BCUT2D eigenvalue weighted by molar-refractivity contribution is 9.10. The van der Waals surface area contributed by atoms with Gasteiger partial charge in [-0.05, 0) is 31.2 Å². The summed E-state index contributed by atoms with van der Waals surface area (Å²) in [4.78, 5) is 17.2. The molecule has 0 fully saturated rings. The summed E-state index contributed by atoms with van der Waals surface area (Å²) in [6, 6.07) is 7.40. The van der Waals surface area contributed by atoms with Crippen LogP contribution in [0.2, 0.25) is 0 Å². The molecule has 2 aromatic heterocycles. The zero-order valence-corrected chi connectivity index (χ0v) is 16.8. The average molecular weight is 420 g/mol. The molecule has 0 saturated heterocycles. The molecule has 0 saturated carbocycles. The highest BCUT2D eigenvalue weighted by Gasteiger charge is 2.20. The second-order valence-electron chi connectivity index (χ2n) is 6.67. The SMILES string of the molecule is Cc1[nH]n(-c2nc(C(C)(C)C)cs2)c(=O)c1N=Nc1ccc(Br)cc1. The Bertz CT molecular complexity index is 976. The summed E-state index contributed by atoms with van der Waals surface area (Å²) in [5.41, 5.74) is 2.25. The van der Waals surface area contributed by atoms with Crippen LogP contribution in [-0.4, -0.2) is 14.8 Å². The van der Waals surface area contributed by atoms with E-state index in [0.717, 1.165) is 10.2 Å². The number of thiazole rings is 1. The van der Waals surface area contributed by atoms with Crippen molar-refractivity contribution >= 4 is 38.6 Å². The average Bonchev–Trinajstić information content (AvgIpc) is 3.13. The fourth-order valence-electron chi connectivity index (χ4n) is 2.12. The number of benzene rings is 1. The lowest BCUT2D eigenvalue weighted by atomic mass is 9.93. The van der Waals surface area contributed by atoms with Crippen molar-refractivity contribution in [1.29, 1.82) is 0 Å². The molecule has 8 heteroatoms. The highest BCUT2D eigenvalue weighted by atomic mass is 79.9. The second kappa shape index (κ2) is 6.68. The van der Waals surface area contributed by atoms with Crippen LogP contribution in [0.25, 0.3) is 5.13 Å². The van der Waals surface area contributed by atoms with Gasteiger partial charge in [-0.25, -0.2) is 4.98 Å². The Kier molecular flexibility index (Phi) is 4.75. The molecule has 0 aliphatic carbocycles. The molecule has 0 atom stereocenters. The van der Waals surface area contributed by atoms with Crippen molar-refractivity contribution in [1.82, 2.24) is 14.8 Å². The van der Waals surface area contributed by atoms with Gasteiger partial charge in [0.25, 0.3) is 0 Å². The van der Waals surface area contributed by atoms with E-state index in [4.69, 9.17) is 0 Å². The van der Waals surface area contributed by atoms with Crippen molar-refractivity contribution in [3.8, 4) is 5.13 Å². The van der Waals surface area contributed by atoms with Crippen LogP contribution in [0.1, 0.15) is 32.2 Å². The molecule has 1 N–H and O–H groups in total. The number of hydrogen-bond acceptors (Lipinski definition) is 5. The normalized spacial score (nSPS) is 12.2. The van der Waals surface area contributed by atoms with Crippen molar-refractivity contribution in [2.75, 3.05) is 0 Å². The first-order valence-corrected chi connectivity index (χ1v) is 9.38. The number of nitrogens with one attached hydrogen (secondary N) is 1. The number of aromatic nitrogens is 3. The lowest BCUT2D eigenvalue weighted by Gasteiger charge is -2.13. The maximum absolute atomic E-state index is 12.7. The number of aromatic amines is 1. The third-order valence-electron chi connectivity index (χ3n) is 3.58. The van der Waals surface area contributed by atoms with Crippen molar-refractivity contribution in [2.24, 2.45) is 10.2 Å². The molecular formula is C17H18BrN5OS. The van der Waals surface area contributed by atoms with Gasteiger partial charge in [-0.15, -0.1) is 16.5 Å². The Labute approximate surface area is 157 Å².